The van der Waals surface area contributed by atoms with Gasteiger partial charge in [0.2, 0.25) is 11.9 Å². The minimum absolute atomic E-state index is 0.0529. The molecule has 66 heavy (non-hydrogen) atoms. The Hall–Kier alpha value is -9.10. The molecule has 0 spiro atoms. The van der Waals surface area contributed by atoms with Gasteiger partial charge in [0.15, 0.2) is 22.3 Å². The van der Waals surface area contributed by atoms with Crippen LogP contribution in [0.2, 0.25) is 0 Å². The molecule has 0 aliphatic rings. The van der Waals surface area contributed by atoms with E-state index < -0.39 is 70.7 Å². The molecule has 2 amide bonds. The van der Waals surface area contributed by atoms with E-state index in [-0.39, 0.29) is 71.3 Å². The SMILES string of the molecule is CC(CC(NC(=O)c1ccc(NCc2cnc3nc(N)[nH]c(=O)c3n2)cc1)C(=O)O)C(=O)O.CC(CC(NC(=O)c1ccc(NCc2cnc3nc(N)[nH]c(=O)c3n2)cc1)C(=O)O)C(=O)O. The van der Waals surface area contributed by atoms with Gasteiger partial charge in [-0.15, -0.1) is 0 Å². The van der Waals surface area contributed by atoms with Crippen molar-refractivity contribution in [2.75, 3.05) is 22.1 Å². The van der Waals surface area contributed by atoms with Crippen molar-refractivity contribution in [3.63, 3.8) is 0 Å². The number of carboxylic acid groups (broad SMARTS) is 4. The standard InChI is InChI=1S/2C20H21N7O6/c2*1-9(18(30)31)6-13(19(32)33)25-16(28)10-2-4-11(5-3-10)22-7-12-8-23-15-14(24-12)17(29)27-20(21)26-15/h2*2-5,8-9,13,22H,6-7H2,1H3,(H,25,28)(H,30,31)(H,32,33)(H3,21,23,26,27,29). The number of carboxylic acids is 4. The highest BCUT2D eigenvalue weighted by molar-refractivity contribution is 5.97. The number of carbonyl (C=O) groups excluding carboxylic acids is 2. The van der Waals surface area contributed by atoms with Crippen LogP contribution in [-0.2, 0) is 32.3 Å². The van der Waals surface area contributed by atoms with Gasteiger partial charge in [0, 0.05) is 22.5 Å². The smallest absolute Gasteiger partial charge is 0.326 e. The summed E-state index contributed by atoms with van der Waals surface area (Å²) in [5.41, 5.74) is 12.9. The van der Waals surface area contributed by atoms with Crippen LogP contribution >= 0.6 is 0 Å². The lowest BCUT2D eigenvalue weighted by Crippen LogP contribution is -2.42. The van der Waals surface area contributed by atoms with Crippen molar-refractivity contribution in [3.05, 3.63) is 104 Å². The molecule has 4 atom stereocenters. The lowest BCUT2D eigenvalue weighted by molar-refractivity contribution is -0.145. The number of rotatable bonds is 18. The maximum atomic E-state index is 12.4. The van der Waals surface area contributed by atoms with Crippen molar-refractivity contribution >= 4 is 81.3 Å². The summed E-state index contributed by atoms with van der Waals surface area (Å²) in [6.07, 6.45) is 2.42. The van der Waals surface area contributed by atoms with Crippen LogP contribution in [0.25, 0.3) is 22.3 Å². The van der Waals surface area contributed by atoms with Crippen LogP contribution in [0.1, 0.15) is 58.8 Å². The predicted molar refractivity (Wildman–Crippen MR) is 233 cm³/mol. The molecule has 26 heteroatoms. The maximum absolute atomic E-state index is 12.4. The van der Waals surface area contributed by atoms with Gasteiger partial charge < -0.3 is 53.2 Å². The quantitative estimate of drug-likeness (QED) is 0.0555. The second-order valence-electron chi connectivity index (χ2n) is 14.5. The highest BCUT2D eigenvalue weighted by Crippen LogP contribution is 2.15. The molecule has 6 rings (SSSR count). The van der Waals surface area contributed by atoms with E-state index in [4.69, 9.17) is 21.7 Å². The summed E-state index contributed by atoms with van der Waals surface area (Å²) in [5, 5.41) is 47.2. The first kappa shape index (κ1) is 47.9. The third-order valence-electron chi connectivity index (χ3n) is 9.44. The monoisotopic (exact) mass is 910 g/mol. The molecule has 14 N–H and O–H groups in total. The van der Waals surface area contributed by atoms with E-state index in [9.17, 15) is 48.6 Å². The Balaban J connectivity index is 0.000000247. The third kappa shape index (κ3) is 13.0. The molecule has 4 aromatic heterocycles. The fourth-order valence-corrected chi connectivity index (χ4v) is 5.81. The highest BCUT2D eigenvalue weighted by atomic mass is 16.4. The largest absolute Gasteiger partial charge is 0.481 e. The van der Waals surface area contributed by atoms with Crippen LogP contribution in [0, 0.1) is 11.8 Å². The van der Waals surface area contributed by atoms with E-state index in [2.05, 4.69) is 61.1 Å². The predicted octanol–water partition coefficient (Wildman–Crippen LogP) is 0.402. The molecule has 4 unspecified atom stereocenters. The zero-order valence-corrected chi connectivity index (χ0v) is 34.8. The molecule has 6 aromatic rings. The Morgan fingerprint density at radius 2 is 0.909 bits per heavy atom. The maximum Gasteiger partial charge on any atom is 0.326 e. The Labute approximate surface area is 370 Å². The van der Waals surface area contributed by atoms with Crippen LogP contribution in [0.4, 0.5) is 23.3 Å². The van der Waals surface area contributed by atoms with Crippen molar-refractivity contribution in [2.24, 2.45) is 11.8 Å². The number of hydrogen-bond acceptors (Lipinski definition) is 18. The Morgan fingerprint density at radius 3 is 1.23 bits per heavy atom. The molecule has 0 aliphatic heterocycles. The number of nitrogens with zero attached hydrogens (tertiary/aromatic N) is 6. The first-order valence-electron chi connectivity index (χ1n) is 19.5. The summed E-state index contributed by atoms with van der Waals surface area (Å²) in [7, 11) is 0. The van der Waals surface area contributed by atoms with E-state index in [1.54, 1.807) is 24.3 Å². The van der Waals surface area contributed by atoms with Crippen molar-refractivity contribution in [3.8, 4) is 0 Å². The lowest BCUT2D eigenvalue weighted by atomic mass is 10.0. The number of fused-ring (bicyclic) bond motifs is 2. The molecule has 0 bridgehead atoms. The molecule has 344 valence electrons. The molecule has 0 aliphatic carbocycles. The molecule has 2 aromatic carbocycles. The summed E-state index contributed by atoms with van der Waals surface area (Å²) < 4.78 is 0. The van der Waals surface area contributed by atoms with E-state index in [0.717, 1.165) is 0 Å². The third-order valence-corrected chi connectivity index (χ3v) is 9.44. The average molecular weight is 911 g/mol. The number of nitrogens with one attached hydrogen (secondary N) is 6. The number of benzene rings is 2. The molecule has 4 heterocycles. The van der Waals surface area contributed by atoms with Crippen LogP contribution in [0.5, 0.6) is 0 Å². The van der Waals surface area contributed by atoms with Crippen molar-refractivity contribution in [1.29, 1.82) is 0 Å². The normalized spacial score (nSPS) is 12.6. The molecule has 0 saturated carbocycles. The number of aromatic nitrogens is 8. The number of carbonyl (C=O) groups is 6. The molecule has 0 fully saturated rings. The van der Waals surface area contributed by atoms with Crippen LogP contribution < -0.4 is 43.9 Å². The van der Waals surface area contributed by atoms with Crippen LogP contribution in [0.15, 0.2) is 70.5 Å². The zero-order chi connectivity index (χ0) is 48.2. The number of nitrogen functional groups attached to an aromatic ring is 2. The minimum atomic E-state index is -1.33. The fraction of sp³-hybridized carbons (Fsp3) is 0.250. The van der Waals surface area contributed by atoms with Crippen molar-refractivity contribution in [1.82, 2.24) is 50.5 Å². The van der Waals surface area contributed by atoms with E-state index in [0.29, 0.717) is 22.8 Å². The van der Waals surface area contributed by atoms with E-state index >= 15 is 0 Å². The molecule has 0 saturated heterocycles. The van der Waals surface area contributed by atoms with Gasteiger partial charge in [-0.25, -0.2) is 29.5 Å². The zero-order valence-electron chi connectivity index (χ0n) is 34.8. The average Bonchev–Trinajstić information content (AvgIpc) is 3.27. The number of aliphatic carboxylic acids is 4. The fourth-order valence-electron chi connectivity index (χ4n) is 5.81. The summed E-state index contributed by atoms with van der Waals surface area (Å²) >= 11 is 0. The topological polar surface area (TPSA) is 427 Å². The number of aromatic amines is 2. The van der Waals surface area contributed by atoms with Gasteiger partial charge in [0.1, 0.15) is 12.1 Å². The minimum Gasteiger partial charge on any atom is -0.481 e. The van der Waals surface area contributed by atoms with E-state index in [1.165, 1.54) is 50.5 Å². The van der Waals surface area contributed by atoms with E-state index in [1.807, 2.05) is 0 Å². The summed E-state index contributed by atoms with van der Waals surface area (Å²) in [6, 6.07) is 9.70. The lowest BCUT2D eigenvalue weighted by Gasteiger charge is -2.16. The number of anilines is 4. The summed E-state index contributed by atoms with van der Waals surface area (Å²) in [4.78, 5) is 122. The first-order chi connectivity index (χ1) is 31.3. The van der Waals surface area contributed by atoms with Crippen molar-refractivity contribution in [2.45, 2.75) is 51.9 Å². The second kappa shape index (κ2) is 21.3. The number of nitrogens with two attached hydrogens (primary N) is 2. The molecule has 26 nitrogen and oxygen atoms in total. The molecular weight excluding hydrogens is 869 g/mol. The second-order valence-corrected chi connectivity index (χ2v) is 14.5. The summed E-state index contributed by atoms with van der Waals surface area (Å²) in [6.45, 7) is 3.19. The summed E-state index contributed by atoms with van der Waals surface area (Å²) in [5.74, 6) is -8.17. The van der Waals surface area contributed by atoms with Gasteiger partial charge in [-0.3, -0.25) is 38.7 Å². The van der Waals surface area contributed by atoms with Gasteiger partial charge in [-0.2, -0.15) is 9.97 Å². The number of H-pyrrole nitrogens is 2. The Morgan fingerprint density at radius 1 is 0.561 bits per heavy atom. The Bertz CT molecular complexity index is 2710. The van der Waals surface area contributed by atoms with Crippen LogP contribution in [-0.4, -0.2) is 108 Å². The first-order valence-corrected chi connectivity index (χ1v) is 19.5. The number of hydrogen-bond donors (Lipinski definition) is 12. The highest BCUT2D eigenvalue weighted by Gasteiger charge is 2.27. The molecular formula is C40H42N14O12. The van der Waals surface area contributed by atoms with Crippen molar-refractivity contribution < 1.29 is 49.2 Å². The number of amides is 2. The van der Waals surface area contributed by atoms with Gasteiger partial charge in [-0.1, -0.05) is 13.8 Å². The Kier molecular flexibility index (Phi) is 15.5. The van der Waals surface area contributed by atoms with Gasteiger partial charge >= 0.3 is 23.9 Å². The van der Waals surface area contributed by atoms with Gasteiger partial charge in [-0.05, 0) is 61.4 Å². The molecule has 0 radical (unpaired) electrons. The van der Waals surface area contributed by atoms with Crippen LogP contribution in [0.3, 0.4) is 0 Å². The van der Waals surface area contributed by atoms with Gasteiger partial charge in [0.25, 0.3) is 22.9 Å². The van der Waals surface area contributed by atoms with Gasteiger partial charge in [0.05, 0.1) is 48.7 Å².